The van der Waals surface area contributed by atoms with E-state index in [-0.39, 0.29) is 5.41 Å². The fourth-order valence-corrected chi connectivity index (χ4v) is 15.0. The maximum atomic E-state index is 2.50. The molecule has 0 atom stereocenters. The molecule has 0 bridgehead atoms. The number of aromatic nitrogens is 1. The van der Waals surface area contributed by atoms with Gasteiger partial charge in [-0.3, -0.25) is 0 Å². The van der Waals surface area contributed by atoms with E-state index in [9.17, 15) is 0 Å². The zero-order valence-electron chi connectivity index (χ0n) is 33.8. The normalized spacial score (nSPS) is 13.3. The van der Waals surface area contributed by atoms with Crippen molar-refractivity contribution in [2.75, 3.05) is 4.90 Å². The summed E-state index contributed by atoms with van der Waals surface area (Å²) < 4.78 is 2.46. The number of rotatable bonds is 7. The Labute approximate surface area is 353 Å². The van der Waals surface area contributed by atoms with Gasteiger partial charge in [-0.25, -0.2) is 0 Å². The summed E-state index contributed by atoms with van der Waals surface area (Å²) in [5.41, 5.74) is 11.9. The zero-order chi connectivity index (χ0) is 40.3. The molecule has 0 spiro atoms. The van der Waals surface area contributed by atoms with Gasteiger partial charge < -0.3 is 9.47 Å². The lowest BCUT2D eigenvalue weighted by atomic mass is 9.73. The molecule has 0 saturated carbocycles. The van der Waals surface area contributed by atoms with E-state index in [2.05, 4.69) is 254 Å². The van der Waals surface area contributed by atoms with Crippen LogP contribution < -0.4 is 25.6 Å². The highest BCUT2D eigenvalue weighted by Crippen LogP contribution is 2.52. The standard InChI is InChI=1S/C57H44N2Si/c1-57(2)51-31-14-18-35-55(51)59(56-36-19-15-32-52(56)57)44-38-42(37-43(40-44)58-53-33-16-12-29-49(53)50-30-13-17-34-54(50)58)41-21-20-28-48(39-41)60(45-22-6-3-7-23-45,46-24-8-4-9-25-46)47-26-10-5-11-27-47/h3-40H,1-2H3. The van der Waals surface area contributed by atoms with E-state index in [4.69, 9.17) is 0 Å². The van der Waals surface area contributed by atoms with Gasteiger partial charge in [0.05, 0.1) is 22.4 Å². The molecule has 1 aromatic heterocycles. The molecule has 3 heteroatoms. The molecule has 286 valence electrons. The highest BCUT2D eigenvalue weighted by Gasteiger charge is 2.42. The molecule has 0 radical (unpaired) electrons. The molecule has 0 aliphatic carbocycles. The van der Waals surface area contributed by atoms with Crippen molar-refractivity contribution in [2.45, 2.75) is 19.3 Å². The first-order valence-electron chi connectivity index (χ1n) is 20.9. The molecule has 1 aliphatic heterocycles. The molecule has 0 unspecified atom stereocenters. The van der Waals surface area contributed by atoms with E-state index in [1.165, 1.54) is 76.2 Å². The van der Waals surface area contributed by atoms with Crippen LogP contribution >= 0.6 is 0 Å². The number of benzene rings is 9. The van der Waals surface area contributed by atoms with Gasteiger partial charge in [-0.2, -0.15) is 0 Å². The smallest absolute Gasteiger partial charge is 0.179 e. The molecule has 2 nitrogen and oxygen atoms in total. The van der Waals surface area contributed by atoms with Gasteiger partial charge in [0.2, 0.25) is 0 Å². The Hall–Kier alpha value is -7.20. The summed E-state index contributed by atoms with van der Waals surface area (Å²) in [6.07, 6.45) is 0. The van der Waals surface area contributed by atoms with Crippen LogP contribution in [0.2, 0.25) is 0 Å². The van der Waals surface area contributed by atoms with Crippen molar-refractivity contribution >= 4 is 67.7 Å². The summed E-state index contributed by atoms with van der Waals surface area (Å²) in [5, 5.41) is 7.95. The van der Waals surface area contributed by atoms with Crippen LogP contribution in [-0.2, 0) is 5.41 Å². The van der Waals surface area contributed by atoms with Crippen molar-refractivity contribution in [2.24, 2.45) is 0 Å². The molecule has 0 fully saturated rings. The van der Waals surface area contributed by atoms with E-state index in [1.54, 1.807) is 0 Å². The Bertz CT molecular complexity index is 2980. The summed E-state index contributed by atoms with van der Waals surface area (Å²) in [6, 6.07) is 85.9. The number of para-hydroxylation sites is 4. The molecule has 11 rings (SSSR count). The second-order valence-corrected chi connectivity index (χ2v) is 20.3. The van der Waals surface area contributed by atoms with Gasteiger partial charge in [0, 0.05) is 27.6 Å². The maximum Gasteiger partial charge on any atom is 0.179 e. The lowest BCUT2D eigenvalue weighted by Crippen LogP contribution is -2.74. The molecular formula is C57H44N2Si. The first-order valence-corrected chi connectivity index (χ1v) is 22.9. The van der Waals surface area contributed by atoms with Crippen LogP contribution in [0.5, 0.6) is 0 Å². The van der Waals surface area contributed by atoms with Gasteiger partial charge in [0.1, 0.15) is 0 Å². The molecule has 60 heavy (non-hydrogen) atoms. The summed E-state index contributed by atoms with van der Waals surface area (Å²) in [7, 11) is -2.78. The first kappa shape index (κ1) is 35.9. The minimum atomic E-state index is -2.78. The number of hydrogen-bond acceptors (Lipinski definition) is 1. The zero-order valence-corrected chi connectivity index (χ0v) is 34.8. The van der Waals surface area contributed by atoms with Crippen molar-refractivity contribution < 1.29 is 0 Å². The Kier molecular flexibility index (Phi) is 8.54. The van der Waals surface area contributed by atoms with Gasteiger partial charge >= 0.3 is 0 Å². The fourth-order valence-electron chi connectivity index (χ4n) is 10.2. The van der Waals surface area contributed by atoms with Crippen LogP contribution in [0, 0.1) is 0 Å². The largest absolute Gasteiger partial charge is 0.310 e. The Morgan fingerprint density at radius 3 is 1.32 bits per heavy atom. The van der Waals surface area contributed by atoms with Gasteiger partial charge in [-0.1, -0.05) is 202 Å². The van der Waals surface area contributed by atoms with Crippen molar-refractivity contribution in [1.29, 1.82) is 0 Å². The highest BCUT2D eigenvalue weighted by molar-refractivity contribution is 7.19. The minimum absolute atomic E-state index is 0.161. The van der Waals surface area contributed by atoms with Crippen molar-refractivity contribution in [1.82, 2.24) is 4.57 Å². The van der Waals surface area contributed by atoms with Gasteiger partial charge in [0.25, 0.3) is 0 Å². The van der Waals surface area contributed by atoms with Crippen molar-refractivity contribution in [3.05, 3.63) is 242 Å². The van der Waals surface area contributed by atoms with Gasteiger partial charge in [-0.05, 0) is 85.5 Å². The maximum absolute atomic E-state index is 2.78. The summed E-state index contributed by atoms with van der Waals surface area (Å²) >= 11 is 0. The first-order chi connectivity index (χ1) is 29.5. The van der Waals surface area contributed by atoms with Crippen LogP contribution in [0.25, 0.3) is 38.6 Å². The number of anilines is 3. The number of hydrogen-bond donors (Lipinski definition) is 0. The van der Waals surface area contributed by atoms with E-state index in [1.807, 2.05) is 0 Å². The summed E-state index contributed by atoms with van der Waals surface area (Å²) in [4.78, 5) is 2.50. The second kappa shape index (κ2) is 14.3. The van der Waals surface area contributed by atoms with Crippen LogP contribution in [0.3, 0.4) is 0 Å². The fraction of sp³-hybridized carbons (Fsp3) is 0.0526. The minimum Gasteiger partial charge on any atom is -0.310 e. The number of nitrogens with zero attached hydrogens (tertiary/aromatic N) is 2. The lowest BCUT2D eigenvalue weighted by Gasteiger charge is -2.42. The quantitative estimate of drug-likeness (QED) is 0.115. The molecule has 0 N–H and O–H groups in total. The summed E-state index contributed by atoms with van der Waals surface area (Å²) in [6.45, 7) is 4.71. The van der Waals surface area contributed by atoms with Crippen LogP contribution in [0.4, 0.5) is 17.1 Å². The van der Waals surface area contributed by atoms with E-state index in [0.29, 0.717) is 0 Å². The lowest BCUT2D eigenvalue weighted by molar-refractivity contribution is 0.632. The van der Waals surface area contributed by atoms with E-state index in [0.717, 1.165) is 11.4 Å². The monoisotopic (exact) mass is 784 g/mol. The molecule has 10 aromatic rings. The van der Waals surface area contributed by atoms with Crippen molar-refractivity contribution in [3.8, 4) is 16.8 Å². The predicted molar refractivity (Wildman–Crippen MR) is 257 cm³/mol. The van der Waals surface area contributed by atoms with Crippen LogP contribution in [-0.4, -0.2) is 12.6 Å². The van der Waals surface area contributed by atoms with E-state index >= 15 is 0 Å². The van der Waals surface area contributed by atoms with E-state index < -0.39 is 8.07 Å². The highest BCUT2D eigenvalue weighted by atomic mass is 28.3. The van der Waals surface area contributed by atoms with Crippen molar-refractivity contribution in [3.63, 3.8) is 0 Å². The molecule has 9 aromatic carbocycles. The van der Waals surface area contributed by atoms with Gasteiger partial charge in [0.15, 0.2) is 8.07 Å². The molecular weight excluding hydrogens is 741 g/mol. The average Bonchev–Trinajstić information content (AvgIpc) is 3.65. The molecule has 2 heterocycles. The average molecular weight is 785 g/mol. The Morgan fingerprint density at radius 2 is 0.783 bits per heavy atom. The SMILES string of the molecule is CC1(C)c2ccccc2N(c2cc(-c3cccc([Si](c4ccccc4)(c4ccccc4)c4ccccc4)c3)cc(-n3c4ccccc4c4ccccc43)c2)c2ccccc21. The second-order valence-electron chi connectivity index (χ2n) is 16.5. The third-order valence-electron chi connectivity index (χ3n) is 12.9. The number of fused-ring (bicyclic) bond motifs is 5. The predicted octanol–water partition coefficient (Wildman–Crippen LogP) is 11.9. The molecule has 1 aliphatic rings. The summed E-state index contributed by atoms with van der Waals surface area (Å²) in [5.74, 6) is 0. The third kappa shape index (κ3) is 5.54. The Morgan fingerprint density at radius 1 is 0.350 bits per heavy atom. The Balaban J connectivity index is 1.21. The molecule has 0 saturated heterocycles. The van der Waals surface area contributed by atoms with Gasteiger partial charge in [-0.15, -0.1) is 0 Å². The van der Waals surface area contributed by atoms with Crippen LogP contribution in [0.15, 0.2) is 231 Å². The topological polar surface area (TPSA) is 8.17 Å². The third-order valence-corrected chi connectivity index (χ3v) is 17.7. The molecule has 0 amide bonds. The van der Waals surface area contributed by atoms with Crippen LogP contribution in [0.1, 0.15) is 25.0 Å².